The molecule has 0 fully saturated rings. The Morgan fingerprint density at radius 3 is 2.35 bits per heavy atom. The molecule has 3 rings (SSSR count). The van der Waals surface area contributed by atoms with Gasteiger partial charge in [0.25, 0.3) is 0 Å². The van der Waals surface area contributed by atoms with Crippen molar-refractivity contribution in [1.29, 1.82) is 0 Å². The maximum Gasteiger partial charge on any atom is 0.228 e. The lowest BCUT2D eigenvalue weighted by atomic mass is 10.1. The summed E-state index contributed by atoms with van der Waals surface area (Å²) in [5, 5.41) is 2.92. The van der Waals surface area contributed by atoms with E-state index in [-0.39, 0.29) is 5.91 Å². The number of hydrogen-bond acceptors (Lipinski definition) is 2. The highest BCUT2D eigenvalue weighted by atomic mass is 16.1. The summed E-state index contributed by atoms with van der Waals surface area (Å²) in [4.78, 5) is 19.7. The molecule has 0 radical (unpaired) electrons. The van der Waals surface area contributed by atoms with Crippen molar-refractivity contribution >= 4 is 11.6 Å². The van der Waals surface area contributed by atoms with Crippen molar-refractivity contribution < 1.29 is 4.79 Å². The number of amides is 1. The van der Waals surface area contributed by atoms with Crippen LogP contribution in [0.25, 0.3) is 11.3 Å². The Morgan fingerprint density at radius 2 is 1.74 bits per heavy atom. The second-order valence-corrected chi connectivity index (χ2v) is 5.58. The first-order valence-electron chi connectivity index (χ1n) is 7.59. The van der Waals surface area contributed by atoms with E-state index in [0.717, 1.165) is 34.0 Å². The predicted molar refractivity (Wildman–Crippen MR) is 92.3 cm³/mol. The van der Waals surface area contributed by atoms with Crippen LogP contribution in [0.5, 0.6) is 0 Å². The smallest absolute Gasteiger partial charge is 0.228 e. The van der Waals surface area contributed by atoms with Gasteiger partial charge in [0.05, 0.1) is 12.1 Å². The Labute approximate surface area is 135 Å². The molecule has 23 heavy (non-hydrogen) atoms. The van der Waals surface area contributed by atoms with E-state index in [4.69, 9.17) is 0 Å². The van der Waals surface area contributed by atoms with E-state index in [0.29, 0.717) is 6.42 Å². The van der Waals surface area contributed by atoms with E-state index >= 15 is 0 Å². The lowest BCUT2D eigenvalue weighted by Crippen LogP contribution is -2.14. The van der Waals surface area contributed by atoms with Crippen molar-refractivity contribution in [3.8, 4) is 11.3 Å². The van der Waals surface area contributed by atoms with E-state index < -0.39 is 0 Å². The van der Waals surface area contributed by atoms with E-state index in [1.807, 2.05) is 68.4 Å². The van der Waals surface area contributed by atoms with Gasteiger partial charge in [-0.15, -0.1) is 0 Å². The highest BCUT2D eigenvalue weighted by Gasteiger charge is 2.08. The fraction of sp³-hybridized carbons (Fsp3) is 0.158. The van der Waals surface area contributed by atoms with Gasteiger partial charge in [-0.1, -0.05) is 42.5 Å². The molecular weight excluding hydrogens is 286 g/mol. The molecule has 1 amide bonds. The molecule has 0 atom stereocenters. The van der Waals surface area contributed by atoms with Crippen LogP contribution in [-0.4, -0.2) is 15.9 Å². The highest BCUT2D eigenvalue weighted by Crippen LogP contribution is 2.22. The van der Waals surface area contributed by atoms with Crippen LogP contribution in [0.15, 0.2) is 54.6 Å². The first-order chi connectivity index (χ1) is 11.1. The Morgan fingerprint density at radius 1 is 1.04 bits per heavy atom. The molecule has 0 saturated heterocycles. The summed E-state index contributed by atoms with van der Waals surface area (Å²) in [5.41, 5.74) is 4.82. The molecule has 0 unspecified atom stereocenters. The number of carbonyl (C=O) groups is 1. The van der Waals surface area contributed by atoms with Crippen molar-refractivity contribution in [1.82, 2.24) is 9.97 Å². The molecule has 0 aliphatic heterocycles. The van der Waals surface area contributed by atoms with Crippen molar-refractivity contribution in [2.45, 2.75) is 20.3 Å². The van der Waals surface area contributed by atoms with E-state index in [9.17, 15) is 4.79 Å². The largest absolute Gasteiger partial charge is 0.346 e. The molecule has 0 aliphatic carbocycles. The summed E-state index contributed by atoms with van der Waals surface area (Å²) >= 11 is 0. The molecule has 2 N–H and O–H groups in total. The number of aromatic amines is 1. The Balaban J connectivity index is 1.68. The van der Waals surface area contributed by atoms with Gasteiger partial charge in [0, 0.05) is 16.9 Å². The van der Waals surface area contributed by atoms with Gasteiger partial charge in [0.1, 0.15) is 5.82 Å². The standard InChI is InChI=1S/C19H19N3O/c1-13-19(21-14(2)20-13)16-8-10-17(11-9-16)22-18(23)12-15-6-4-3-5-7-15/h3-11H,12H2,1-2H3,(H,20,21)(H,22,23). The number of imidazole rings is 1. The van der Waals surface area contributed by atoms with Gasteiger partial charge in [-0.2, -0.15) is 0 Å². The van der Waals surface area contributed by atoms with Crippen LogP contribution in [0, 0.1) is 13.8 Å². The van der Waals surface area contributed by atoms with Gasteiger partial charge in [0.2, 0.25) is 5.91 Å². The first-order valence-corrected chi connectivity index (χ1v) is 7.59. The van der Waals surface area contributed by atoms with Gasteiger partial charge in [-0.05, 0) is 31.5 Å². The summed E-state index contributed by atoms with van der Waals surface area (Å²) in [6.45, 7) is 3.94. The van der Waals surface area contributed by atoms with E-state index in [1.54, 1.807) is 0 Å². The van der Waals surface area contributed by atoms with Gasteiger partial charge in [-0.3, -0.25) is 4.79 Å². The van der Waals surface area contributed by atoms with E-state index in [2.05, 4.69) is 15.3 Å². The normalized spacial score (nSPS) is 10.5. The first kappa shape index (κ1) is 15.0. The summed E-state index contributed by atoms with van der Waals surface area (Å²) in [6.07, 6.45) is 0.375. The van der Waals surface area contributed by atoms with Gasteiger partial charge in [-0.25, -0.2) is 4.98 Å². The summed E-state index contributed by atoms with van der Waals surface area (Å²) in [6, 6.07) is 17.5. The maximum atomic E-state index is 12.1. The van der Waals surface area contributed by atoms with E-state index in [1.165, 1.54) is 0 Å². The van der Waals surface area contributed by atoms with Crippen LogP contribution in [0.1, 0.15) is 17.1 Å². The SMILES string of the molecule is Cc1nc(-c2ccc(NC(=O)Cc3ccccc3)cc2)c(C)[nH]1. The van der Waals surface area contributed by atoms with Crippen LogP contribution in [-0.2, 0) is 11.2 Å². The third-order valence-corrected chi connectivity index (χ3v) is 3.65. The van der Waals surface area contributed by atoms with Crippen molar-refractivity contribution in [3.05, 3.63) is 71.7 Å². The van der Waals surface area contributed by atoms with Gasteiger partial charge in [0.15, 0.2) is 0 Å². The Kier molecular flexibility index (Phi) is 4.24. The number of nitrogens with zero attached hydrogens (tertiary/aromatic N) is 1. The molecule has 0 saturated carbocycles. The number of anilines is 1. The number of nitrogens with one attached hydrogen (secondary N) is 2. The molecule has 116 valence electrons. The number of aromatic nitrogens is 2. The fourth-order valence-corrected chi connectivity index (χ4v) is 2.59. The minimum atomic E-state index is -0.0178. The monoisotopic (exact) mass is 305 g/mol. The lowest BCUT2D eigenvalue weighted by Gasteiger charge is -2.06. The fourth-order valence-electron chi connectivity index (χ4n) is 2.59. The third-order valence-electron chi connectivity index (χ3n) is 3.65. The maximum absolute atomic E-state index is 12.1. The van der Waals surface area contributed by atoms with Crippen LogP contribution < -0.4 is 5.32 Å². The van der Waals surface area contributed by atoms with Crippen LogP contribution in [0.4, 0.5) is 5.69 Å². The molecule has 4 heteroatoms. The zero-order chi connectivity index (χ0) is 16.2. The van der Waals surface area contributed by atoms with Gasteiger partial charge >= 0.3 is 0 Å². The second-order valence-electron chi connectivity index (χ2n) is 5.58. The average molecular weight is 305 g/mol. The molecule has 3 aromatic rings. The molecule has 2 aromatic carbocycles. The van der Waals surface area contributed by atoms with Crippen LogP contribution in [0.3, 0.4) is 0 Å². The zero-order valence-electron chi connectivity index (χ0n) is 13.3. The third kappa shape index (κ3) is 3.66. The quantitative estimate of drug-likeness (QED) is 0.768. The van der Waals surface area contributed by atoms with Crippen LogP contribution in [0.2, 0.25) is 0 Å². The van der Waals surface area contributed by atoms with Crippen molar-refractivity contribution in [3.63, 3.8) is 0 Å². The highest BCUT2D eigenvalue weighted by molar-refractivity contribution is 5.92. The minimum Gasteiger partial charge on any atom is -0.346 e. The Hall–Kier alpha value is -2.88. The molecule has 0 aliphatic rings. The summed E-state index contributed by atoms with van der Waals surface area (Å²) < 4.78 is 0. The number of H-pyrrole nitrogens is 1. The minimum absolute atomic E-state index is 0.0178. The number of benzene rings is 2. The average Bonchev–Trinajstić information content (AvgIpc) is 2.87. The number of hydrogen-bond donors (Lipinski definition) is 2. The van der Waals surface area contributed by atoms with Crippen molar-refractivity contribution in [2.24, 2.45) is 0 Å². The van der Waals surface area contributed by atoms with Gasteiger partial charge < -0.3 is 10.3 Å². The molecule has 1 heterocycles. The zero-order valence-corrected chi connectivity index (χ0v) is 13.3. The summed E-state index contributed by atoms with van der Waals surface area (Å²) in [5.74, 6) is 0.883. The molecule has 0 spiro atoms. The molecule has 0 bridgehead atoms. The van der Waals surface area contributed by atoms with Crippen LogP contribution >= 0.6 is 0 Å². The predicted octanol–water partition coefficient (Wildman–Crippen LogP) is 3.87. The molecular formula is C19H19N3O. The number of rotatable bonds is 4. The molecule has 4 nitrogen and oxygen atoms in total. The number of aryl methyl sites for hydroxylation is 2. The second kappa shape index (κ2) is 6.48. The topological polar surface area (TPSA) is 57.8 Å². The number of carbonyl (C=O) groups excluding carboxylic acids is 1. The summed E-state index contributed by atoms with van der Waals surface area (Å²) in [7, 11) is 0. The molecule has 1 aromatic heterocycles. The van der Waals surface area contributed by atoms with Crippen molar-refractivity contribution in [2.75, 3.05) is 5.32 Å². The Bertz CT molecular complexity index is 804. The lowest BCUT2D eigenvalue weighted by molar-refractivity contribution is -0.115.